The predicted octanol–water partition coefficient (Wildman–Crippen LogP) is 3.86. The minimum atomic E-state index is 0.407. The van der Waals surface area contributed by atoms with Gasteiger partial charge in [-0.25, -0.2) is 9.97 Å². The van der Waals surface area contributed by atoms with Gasteiger partial charge in [-0.1, -0.05) is 24.3 Å². The Morgan fingerprint density at radius 3 is 2.80 bits per heavy atom. The number of nitrogens with zero attached hydrogens (tertiary/aromatic N) is 4. The van der Waals surface area contributed by atoms with Crippen molar-refractivity contribution in [1.29, 1.82) is 5.26 Å². The maximum Gasteiger partial charge on any atom is 0.161 e. The third-order valence-corrected chi connectivity index (χ3v) is 4.33. The van der Waals surface area contributed by atoms with Gasteiger partial charge >= 0.3 is 0 Å². The molecule has 0 spiro atoms. The quantitative estimate of drug-likeness (QED) is 0.741. The molecule has 0 saturated heterocycles. The first-order valence-corrected chi connectivity index (χ1v) is 8.35. The lowest BCUT2D eigenvalue weighted by atomic mass is 10.1. The largest absolute Gasteiger partial charge is 0.323 e. The molecule has 0 aliphatic heterocycles. The van der Waals surface area contributed by atoms with Gasteiger partial charge < -0.3 is 5.32 Å². The summed E-state index contributed by atoms with van der Waals surface area (Å²) in [5.74, 6) is 2.81. The molecule has 1 aromatic carbocycles. The van der Waals surface area contributed by atoms with Crippen molar-refractivity contribution in [3.8, 4) is 17.5 Å². The van der Waals surface area contributed by atoms with Crippen LogP contribution in [-0.2, 0) is 6.42 Å². The van der Waals surface area contributed by atoms with Gasteiger partial charge in [0.1, 0.15) is 5.82 Å². The van der Waals surface area contributed by atoms with Crippen LogP contribution in [0.4, 0.5) is 11.6 Å². The van der Waals surface area contributed by atoms with E-state index in [0.717, 1.165) is 28.3 Å². The monoisotopic (exact) mass is 330 g/mol. The summed E-state index contributed by atoms with van der Waals surface area (Å²) in [5, 5.41) is 19.5. The maximum atomic E-state index is 8.76. The average Bonchev–Trinajstić information content (AvgIpc) is 3.37. The highest BCUT2D eigenvalue weighted by Gasteiger charge is 2.25. The zero-order valence-corrected chi connectivity index (χ0v) is 14.0. The molecule has 6 heteroatoms. The SMILES string of the molecule is Cc1cnc(-c2ccc(CC#N)cc2)nc1Nc1cc(C2CC2)[nH]n1. The van der Waals surface area contributed by atoms with E-state index < -0.39 is 0 Å². The third-order valence-electron chi connectivity index (χ3n) is 4.33. The highest BCUT2D eigenvalue weighted by molar-refractivity contribution is 5.62. The van der Waals surface area contributed by atoms with Crippen LogP contribution in [-0.4, -0.2) is 20.2 Å². The Kier molecular flexibility index (Phi) is 3.90. The van der Waals surface area contributed by atoms with Gasteiger partial charge in [-0.3, -0.25) is 5.10 Å². The Balaban J connectivity index is 1.58. The normalized spacial score (nSPS) is 13.4. The standard InChI is InChI=1S/C19H18N6/c1-12-11-21-19(15-4-2-13(3-5-15)8-9-20)23-18(12)22-17-10-16(24-25-17)14-6-7-14/h2-5,10-11,14H,6-8H2,1H3,(H2,21,22,23,24,25). The molecule has 3 aromatic rings. The number of nitrogens with one attached hydrogen (secondary N) is 2. The fraction of sp³-hybridized carbons (Fsp3) is 0.263. The molecule has 6 nitrogen and oxygen atoms in total. The smallest absolute Gasteiger partial charge is 0.161 e. The summed E-state index contributed by atoms with van der Waals surface area (Å²) in [4.78, 5) is 9.07. The molecule has 1 aliphatic carbocycles. The second kappa shape index (κ2) is 6.36. The van der Waals surface area contributed by atoms with E-state index in [4.69, 9.17) is 5.26 Å². The first kappa shape index (κ1) is 15.3. The number of benzene rings is 1. The van der Waals surface area contributed by atoms with Crippen molar-refractivity contribution in [1.82, 2.24) is 20.2 Å². The Morgan fingerprint density at radius 2 is 2.08 bits per heavy atom. The number of rotatable bonds is 5. The minimum absolute atomic E-state index is 0.407. The van der Waals surface area contributed by atoms with Crippen LogP contribution in [0, 0.1) is 18.3 Å². The molecule has 25 heavy (non-hydrogen) atoms. The fourth-order valence-corrected chi connectivity index (χ4v) is 2.70. The van der Waals surface area contributed by atoms with Gasteiger partial charge in [-0.15, -0.1) is 0 Å². The summed E-state index contributed by atoms with van der Waals surface area (Å²) < 4.78 is 0. The number of aryl methyl sites for hydroxylation is 1. The molecule has 2 heterocycles. The van der Waals surface area contributed by atoms with Gasteiger partial charge in [0, 0.05) is 35.0 Å². The Hall–Kier alpha value is -3.20. The lowest BCUT2D eigenvalue weighted by Gasteiger charge is -2.08. The molecule has 1 fully saturated rings. The zero-order chi connectivity index (χ0) is 17.2. The van der Waals surface area contributed by atoms with Crippen LogP contribution in [0.5, 0.6) is 0 Å². The van der Waals surface area contributed by atoms with E-state index in [1.165, 1.54) is 18.5 Å². The van der Waals surface area contributed by atoms with E-state index in [9.17, 15) is 0 Å². The Bertz CT molecular complexity index is 931. The molecule has 1 saturated carbocycles. The average molecular weight is 330 g/mol. The Labute approximate surface area is 146 Å². The molecular formula is C19H18N6. The topological polar surface area (TPSA) is 90.3 Å². The number of hydrogen-bond donors (Lipinski definition) is 2. The summed E-state index contributed by atoms with van der Waals surface area (Å²) in [5.41, 5.74) is 4.05. The second-order valence-electron chi connectivity index (χ2n) is 6.36. The van der Waals surface area contributed by atoms with Gasteiger partial charge in [0.15, 0.2) is 11.6 Å². The van der Waals surface area contributed by atoms with E-state index in [1.807, 2.05) is 37.4 Å². The number of aromatic amines is 1. The van der Waals surface area contributed by atoms with Crippen molar-refractivity contribution in [2.75, 3.05) is 5.32 Å². The second-order valence-corrected chi connectivity index (χ2v) is 6.36. The molecule has 124 valence electrons. The third kappa shape index (κ3) is 3.36. The van der Waals surface area contributed by atoms with E-state index in [2.05, 4.69) is 37.6 Å². The number of nitriles is 1. The molecule has 1 aliphatic rings. The van der Waals surface area contributed by atoms with Crippen LogP contribution in [0.15, 0.2) is 36.5 Å². The summed E-state index contributed by atoms with van der Waals surface area (Å²) in [6.07, 6.45) is 4.69. The summed E-state index contributed by atoms with van der Waals surface area (Å²) in [6.45, 7) is 1.97. The predicted molar refractivity (Wildman–Crippen MR) is 95.4 cm³/mol. The number of H-pyrrole nitrogens is 1. The van der Waals surface area contributed by atoms with E-state index in [1.54, 1.807) is 0 Å². The van der Waals surface area contributed by atoms with Crippen molar-refractivity contribution < 1.29 is 0 Å². The molecule has 0 unspecified atom stereocenters. The molecule has 2 aromatic heterocycles. The minimum Gasteiger partial charge on any atom is -0.323 e. The number of hydrogen-bond acceptors (Lipinski definition) is 5. The van der Waals surface area contributed by atoms with Crippen LogP contribution in [0.3, 0.4) is 0 Å². The van der Waals surface area contributed by atoms with Crippen LogP contribution in [0.25, 0.3) is 11.4 Å². The number of anilines is 2. The van der Waals surface area contributed by atoms with Crippen LogP contribution in [0.2, 0.25) is 0 Å². The van der Waals surface area contributed by atoms with E-state index >= 15 is 0 Å². The molecule has 0 bridgehead atoms. The van der Waals surface area contributed by atoms with Crippen molar-refractivity contribution in [3.63, 3.8) is 0 Å². The Morgan fingerprint density at radius 1 is 1.28 bits per heavy atom. The van der Waals surface area contributed by atoms with Gasteiger partial charge in [-0.05, 0) is 25.3 Å². The summed E-state index contributed by atoms with van der Waals surface area (Å²) in [6, 6.07) is 12.0. The summed E-state index contributed by atoms with van der Waals surface area (Å²) >= 11 is 0. The highest BCUT2D eigenvalue weighted by atomic mass is 15.2. The highest BCUT2D eigenvalue weighted by Crippen LogP contribution is 2.39. The van der Waals surface area contributed by atoms with Crippen LogP contribution >= 0.6 is 0 Å². The van der Waals surface area contributed by atoms with Gasteiger partial charge in [0.2, 0.25) is 0 Å². The lowest BCUT2D eigenvalue weighted by molar-refractivity contribution is 0.966. The molecule has 0 atom stereocenters. The van der Waals surface area contributed by atoms with Crippen LogP contribution < -0.4 is 5.32 Å². The van der Waals surface area contributed by atoms with E-state index in [-0.39, 0.29) is 0 Å². The maximum absolute atomic E-state index is 8.76. The fourth-order valence-electron chi connectivity index (χ4n) is 2.70. The van der Waals surface area contributed by atoms with Gasteiger partial charge in [0.05, 0.1) is 12.5 Å². The van der Waals surface area contributed by atoms with Gasteiger partial charge in [-0.2, -0.15) is 10.4 Å². The molecule has 2 N–H and O–H groups in total. The van der Waals surface area contributed by atoms with Crippen molar-refractivity contribution in [2.45, 2.75) is 32.1 Å². The van der Waals surface area contributed by atoms with Crippen molar-refractivity contribution in [3.05, 3.63) is 53.3 Å². The first-order chi connectivity index (χ1) is 12.2. The van der Waals surface area contributed by atoms with Gasteiger partial charge in [0.25, 0.3) is 0 Å². The van der Waals surface area contributed by atoms with Crippen molar-refractivity contribution in [2.24, 2.45) is 0 Å². The zero-order valence-electron chi connectivity index (χ0n) is 14.0. The molecule has 0 radical (unpaired) electrons. The first-order valence-electron chi connectivity index (χ1n) is 8.35. The summed E-state index contributed by atoms with van der Waals surface area (Å²) in [7, 11) is 0. The molecular weight excluding hydrogens is 312 g/mol. The lowest BCUT2D eigenvalue weighted by Crippen LogP contribution is -2.00. The number of aromatic nitrogens is 4. The van der Waals surface area contributed by atoms with Crippen LogP contribution in [0.1, 0.15) is 35.6 Å². The van der Waals surface area contributed by atoms with Crippen molar-refractivity contribution >= 4 is 11.6 Å². The molecule has 4 rings (SSSR count). The van der Waals surface area contributed by atoms with E-state index in [0.29, 0.717) is 18.2 Å². The molecule has 0 amide bonds.